The minimum absolute atomic E-state index is 0.0168. The Morgan fingerprint density at radius 2 is 1.84 bits per heavy atom. The van der Waals surface area contributed by atoms with Crippen molar-refractivity contribution in [3.63, 3.8) is 0 Å². The number of carbonyl (C=O) groups is 3. The number of hydrogen-bond acceptors (Lipinski definition) is 3. The molecule has 0 spiro atoms. The first-order chi connectivity index (χ1) is 12.1. The Labute approximate surface area is 147 Å². The van der Waals surface area contributed by atoms with Gasteiger partial charge in [0.05, 0.1) is 11.8 Å². The van der Waals surface area contributed by atoms with Gasteiger partial charge in [-0.3, -0.25) is 19.3 Å². The van der Waals surface area contributed by atoms with E-state index in [9.17, 15) is 14.4 Å². The van der Waals surface area contributed by atoms with Gasteiger partial charge >= 0.3 is 0 Å². The van der Waals surface area contributed by atoms with Crippen molar-refractivity contribution in [1.82, 2.24) is 10.2 Å². The molecule has 1 saturated heterocycles. The second-order valence-corrected chi connectivity index (χ2v) is 7.31. The highest BCUT2D eigenvalue weighted by molar-refractivity contribution is 6.06. The summed E-state index contributed by atoms with van der Waals surface area (Å²) < 4.78 is 0. The van der Waals surface area contributed by atoms with Crippen LogP contribution in [-0.4, -0.2) is 35.7 Å². The molecule has 1 aromatic rings. The molecule has 130 valence electrons. The van der Waals surface area contributed by atoms with Crippen LogP contribution in [0, 0.1) is 30.6 Å². The van der Waals surface area contributed by atoms with Gasteiger partial charge in [-0.1, -0.05) is 29.8 Å². The summed E-state index contributed by atoms with van der Waals surface area (Å²) in [6, 6.07) is 7.42. The highest BCUT2D eigenvalue weighted by Crippen LogP contribution is 2.52. The lowest BCUT2D eigenvalue weighted by atomic mass is 9.85. The molecule has 0 radical (unpaired) electrons. The molecule has 4 rings (SSSR count). The van der Waals surface area contributed by atoms with Gasteiger partial charge in [0.1, 0.15) is 0 Å². The molecule has 1 aromatic carbocycles. The molecule has 25 heavy (non-hydrogen) atoms. The van der Waals surface area contributed by atoms with E-state index in [2.05, 4.69) is 17.5 Å². The Morgan fingerprint density at radius 1 is 1.16 bits per heavy atom. The second-order valence-electron chi connectivity index (χ2n) is 7.31. The van der Waals surface area contributed by atoms with Crippen LogP contribution in [0.1, 0.15) is 28.8 Å². The summed E-state index contributed by atoms with van der Waals surface area (Å²) in [7, 11) is 0. The summed E-state index contributed by atoms with van der Waals surface area (Å²) in [6.07, 6.45) is 5.73. The number of nitrogens with one attached hydrogen (secondary N) is 1. The average Bonchev–Trinajstić information content (AvgIpc) is 3.27. The predicted octanol–water partition coefficient (Wildman–Crippen LogP) is 1.92. The lowest BCUT2D eigenvalue weighted by molar-refractivity contribution is -0.140. The van der Waals surface area contributed by atoms with Gasteiger partial charge in [-0.25, -0.2) is 0 Å². The summed E-state index contributed by atoms with van der Waals surface area (Å²) in [6.45, 7) is 2.78. The van der Waals surface area contributed by atoms with E-state index < -0.39 is 0 Å². The maximum absolute atomic E-state index is 12.6. The van der Waals surface area contributed by atoms with Gasteiger partial charge in [0.15, 0.2) is 0 Å². The summed E-state index contributed by atoms with van der Waals surface area (Å²) in [5.41, 5.74) is 1.67. The van der Waals surface area contributed by atoms with Crippen LogP contribution in [0.4, 0.5) is 0 Å². The maximum atomic E-state index is 12.6. The van der Waals surface area contributed by atoms with Crippen molar-refractivity contribution in [1.29, 1.82) is 0 Å². The van der Waals surface area contributed by atoms with Crippen molar-refractivity contribution >= 4 is 17.7 Å². The van der Waals surface area contributed by atoms with Crippen LogP contribution in [-0.2, 0) is 9.59 Å². The Kier molecular flexibility index (Phi) is 3.94. The molecule has 1 heterocycles. The number of likely N-dealkylation sites (tertiary alicyclic amines) is 1. The zero-order valence-corrected chi connectivity index (χ0v) is 14.3. The Morgan fingerprint density at radius 3 is 2.48 bits per heavy atom. The Bertz CT molecular complexity index is 740. The van der Waals surface area contributed by atoms with Crippen molar-refractivity contribution in [2.75, 3.05) is 13.1 Å². The summed E-state index contributed by atoms with van der Waals surface area (Å²) in [5.74, 6) is 0.0688. The molecule has 5 nitrogen and oxygen atoms in total. The first-order valence-electron chi connectivity index (χ1n) is 8.94. The lowest BCUT2D eigenvalue weighted by Crippen LogP contribution is -2.35. The minimum atomic E-state index is -0.135. The number of benzene rings is 1. The maximum Gasteiger partial charge on any atom is 0.251 e. The number of allylic oxidation sites excluding steroid dienone is 2. The number of carbonyl (C=O) groups excluding carboxylic acids is 3. The molecule has 0 unspecified atom stereocenters. The first-order valence-corrected chi connectivity index (χ1v) is 8.94. The van der Waals surface area contributed by atoms with E-state index in [0.29, 0.717) is 25.1 Å². The fourth-order valence-corrected chi connectivity index (χ4v) is 4.51. The van der Waals surface area contributed by atoms with Crippen molar-refractivity contribution in [2.45, 2.75) is 19.8 Å². The molecule has 1 N–H and O–H groups in total. The molecule has 5 heteroatoms. The Hall–Kier alpha value is -2.43. The molecule has 1 aliphatic heterocycles. The standard InChI is InChI=1S/C20H22N2O3/c1-12-4-2-5-15(10-12)18(23)21-8-3-9-22-19(24)16-13-6-7-14(11-13)17(16)20(22)25/h2,4-7,10,13-14,16-17H,3,8-9,11H2,1H3,(H,21,23)/t13-,14-,16-,17+/m0/s1. The number of nitrogens with zero attached hydrogens (tertiary/aromatic N) is 1. The third-order valence-corrected chi connectivity index (χ3v) is 5.69. The van der Waals surface area contributed by atoms with Gasteiger partial charge in [0, 0.05) is 18.7 Å². The van der Waals surface area contributed by atoms with E-state index in [1.165, 1.54) is 4.90 Å². The zero-order chi connectivity index (χ0) is 17.6. The van der Waals surface area contributed by atoms with Gasteiger partial charge in [0.2, 0.25) is 11.8 Å². The third-order valence-electron chi connectivity index (χ3n) is 5.69. The van der Waals surface area contributed by atoms with Gasteiger partial charge in [-0.2, -0.15) is 0 Å². The number of hydrogen-bond donors (Lipinski definition) is 1. The van der Waals surface area contributed by atoms with Crippen LogP contribution in [0.25, 0.3) is 0 Å². The van der Waals surface area contributed by atoms with Crippen molar-refractivity contribution in [2.24, 2.45) is 23.7 Å². The van der Waals surface area contributed by atoms with Gasteiger partial charge < -0.3 is 5.32 Å². The van der Waals surface area contributed by atoms with Gasteiger partial charge in [0.25, 0.3) is 5.91 Å². The van der Waals surface area contributed by atoms with Crippen molar-refractivity contribution in [3.8, 4) is 0 Å². The molecular formula is C20H22N2O3. The second kappa shape index (κ2) is 6.14. The number of aryl methyl sites for hydroxylation is 1. The topological polar surface area (TPSA) is 66.5 Å². The molecule has 3 amide bonds. The van der Waals surface area contributed by atoms with Crippen LogP contribution in [0.3, 0.4) is 0 Å². The predicted molar refractivity (Wildman–Crippen MR) is 92.6 cm³/mol. The van der Waals surface area contributed by atoms with Crippen molar-refractivity contribution < 1.29 is 14.4 Å². The zero-order valence-electron chi connectivity index (χ0n) is 14.3. The molecule has 2 aliphatic carbocycles. The van der Waals surface area contributed by atoms with Crippen LogP contribution in [0.2, 0.25) is 0 Å². The Balaban J connectivity index is 1.29. The van der Waals surface area contributed by atoms with E-state index in [0.717, 1.165) is 12.0 Å². The lowest BCUT2D eigenvalue weighted by Gasteiger charge is -2.17. The first kappa shape index (κ1) is 16.1. The molecule has 4 atom stereocenters. The monoisotopic (exact) mass is 338 g/mol. The third kappa shape index (κ3) is 2.68. The fraction of sp³-hybridized carbons (Fsp3) is 0.450. The number of amides is 3. The van der Waals surface area contributed by atoms with E-state index in [-0.39, 0.29) is 41.4 Å². The number of fused-ring (bicyclic) bond motifs is 5. The van der Waals surface area contributed by atoms with Gasteiger partial charge in [-0.15, -0.1) is 0 Å². The number of imide groups is 1. The summed E-state index contributed by atoms with van der Waals surface area (Å²) in [4.78, 5) is 38.6. The average molecular weight is 338 g/mol. The molecule has 1 saturated carbocycles. The molecule has 2 fully saturated rings. The summed E-state index contributed by atoms with van der Waals surface area (Å²) in [5, 5.41) is 2.86. The largest absolute Gasteiger partial charge is 0.352 e. The molecular weight excluding hydrogens is 316 g/mol. The number of rotatable bonds is 5. The SMILES string of the molecule is Cc1cccc(C(=O)NCCCN2C(=O)[C@@H]3[C@H](C2=O)[C@H]2C=C[C@H]3C2)c1. The van der Waals surface area contributed by atoms with E-state index in [1.807, 2.05) is 25.1 Å². The fourth-order valence-electron chi connectivity index (χ4n) is 4.51. The minimum Gasteiger partial charge on any atom is -0.352 e. The van der Waals surface area contributed by atoms with Crippen molar-refractivity contribution in [3.05, 3.63) is 47.5 Å². The molecule has 0 aromatic heterocycles. The van der Waals surface area contributed by atoms with E-state index >= 15 is 0 Å². The highest BCUT2D eigenvalue weighted by atomic mass is 16.2. The van der Waals surface area contributed by atoms with E-state index in [4.69, 9.17) is 0 Å². The van der Waals surface area contributed by atoms with Crippen LogP contribution >= 0.6 is 0 Å². The molecule has 2 bridgehead atoms. The summed E-state index contributed by atoms with van der Waals surface area (Å²) >= 11 is 0. The quantitative estimate of drug-likeness (QED) is 0.507. The molecule has 3 aliphatic rings. The smallest absolute Gasteiger partial charge is 0.251 e. The van der Waals surface area contributed by atoms with Crippen LogP contribution < -0.4 is 5.32 Å². The van der Waals surface area contributed by atoms with E-state index in [1.54, 1.807) is 6.07 Å². The highest BCUT2D eigenvalue weighted by Gasteiger charge is 2.58. The van der Waals surface area contributed by atoms with Gasteiger partial charge in [-0.05, 0) is 43.7 Å². The normalized spacial score (nSPS) is 29.4. The van der Waals surface area contributed by atoms with Crippen LogP contribution in [0.15, 0.2) is 36.4 Å². The van der Waals surface area contributed by atoms with Crippen LogP contribution in [0.5, 0.6) is 0 Å².